The van der Waals surface area contributed by atoms with E-state index < -0.39 is 0 Å². The van der Waals surface area contributed by atoms with Crippen molar-refractivity contribution in [2.45, 2.75) is 12.8 Å². The van der Waals surface area contributed by atoms with E-state index in [1.165, 1.54) is 0 Å². The third-order valence-corrected chi connectivity index (χ3v) is 2.88. The first-order valence-electron chi connectivity index (χ1n) is 5.45. The van der Waals surface area contributed by atoms with Gasteiger partial charge in [0.05, 0.1) is 12.7 Å². The average Bonchev–Trinajstić information content (AvgIpc) is 2.81. The molecule has 1 aromatic rings. The zero-order valence-corrected chi connectivity index (χ0v) is 9.40. The van der Waals surface area contributed by atoms with Crippen molar-refractivity contribution in [1.29, 1.82) is 0 Å². The summed E-state index contributed by atoms with van der Waals surface area (Å²) in [6.45, 7) is 1.68. The molecule has 1 amide bonds. The van der Waals surface area contributed by atoms with E-state index >= 15 is 0 Å². The summed E-state index contributed by atoms with van der Waals surface area (Å²) >= 11 is 0. The maximum atomic E-state index is 12.1. The number of benzene rings is 1. The number of nitrogens with zero attached hydrogens (tertiary/aromatic N) is 1. The summed E-state index contributed by atoms with van der Waals surface area (Å²) in [6.07, 6.45) is 2.17. The largest absolute Gasteiger partial charge is 0.497 e. The third-order valence-electron chi connectivity index (χ3n) is 2.88. The standard InChI is InChI=1S/C12H16N2O2/c1-16-9-4-5-10(11(13)8-9)12(15)14-6-2-3-7-14/h4-5,8H,2-3,6-7,13H2,1H3. The van der Waals surface area contributed by atoms with Crippen LogP contribution in [0.2, 0.25) is 0 Å². The van der Waals surface area contributed by atoms with Crippen LogP contribution in [0.1, 0.15) is 23.2 Å². The van der Waals surface area contributed by atoms with Crippen LogP contribution in [-0.2, 0) is 0 Å². The van der Waals surface area contributed by atoms with Crippen molar-refractivity contribution in [1.82, 2.24) is 4.90 Å². The number of nitrogen functional groups attached to an aromatic ring is 1. The van der Waals surface area contributed by atoms with Crippen molar-refractivity contribution in [3.05, 3.63) is 23.8 Å². The molecule has 4 nitrogen and oxygen atoms in total. The van der Waals surface area contributed by atoms with Gasteiger partial charge in [0.2, 0.25) is 0 Å². The minimum Gasteiger partial charge on any atom is -0.497 e. The number of nitrogens with two attached hydrogens (primary N) is 1. The van der Waals surface area contributed by atoms with Crippen LogP contribution in [0.4, 0.5) is 5.69 Å². The molecule has 1 aromatic carbocycles. The van der Waals surface area contributed by atoms with Gasteiger partial charge in [-0.3, -0.25) is 4.79 Å². The highest BCUT2D eigenvalue weighted by Crippen LogP contribution is 2.22. The van der Waals surface area contributed by atoms with Crippen molar-refractivity contribution in [3.63, 3.8) is 0 Å². The number of hydrogen-bond donors (Lipinski definition) is 1. The summed E-state index contributed by atoms with van der Waals surface area (Å²) in [4.78, 5) is 13.9. The van der Waals surface area contributed by atoms with E-state index in [2.05, 4.69) is 0 Å². The van der Waals surface area contributed by atoms with E-state index in [4.69, 9.17) is 10.5 Å². The Labute approximate surface area is 95.0 Å². The van der Waals surface area contributed by atoms with Crippen LogP contribution in [0.15, 0.2) is 18.2 Å². The number of anilines is 1. The molecular formula is C12H16N2O2. The minimum absolute atomic E-state index is 0.0256. The smallest absolute Gasteiger partial charge is 0.255 e. The van der Waals surface area contributed by atoms with Gasteiger partial charge >= 0.3 is 0 Å². The summed E-state index contributed by atoms with van der Waals surface area (Å²) in [5.41, 5.74) is 6.89. The molecule has 4 heteroatoms. The molecule has 0 unspecified atom stereocenters. The Morgan fingerprint density at radius 3 is 2.62 bits per heavy atom. The summed E-state index contributed by atoms with van der Waals surface area (Å²) in [7, 11) is 1.58. The van der Waals surface area contributed by atoms with Gasteiger partial charge in [-0.1, -0.05) is 0 Å². The number of methoxy groups -OCH3 is 1. The molecule has 1 saturated heterocycles. The highest BCUT2D eigenvalue weighted by molar-refractivity contribution is 5.99. The SMILES string of the molecule is COc1ccc(C(=O)N2CCCC2)c(N)c1. The summed E-state index contributed by atoms with van der Waals surface area (Å²) < 4.78 is 5.05. The van der Waals surface area contributed by atoms with E-state index in [9.17, 15) is 4.79 Å². The molecule has 0 saturated carbocycles. The van der Waals surface area contributed by atoms with E-state index in [-0.39, 0.29) is 5.91 Å². The summed E-state index contributed by atoms with van der Waals surface area (Å²) in [6, 6.07) is 5.18. The fourth-order valence-electron chi connectivity index (χ4n) is 1.95. The first kappa shape index (κ1) is 10.8. The van der Waals surface area contributed by atoms with Gasteiger partial charge in [0.15, 0.2) is 0 Å². The van der Waals surface area contributed by atoms with Crippen molar-refractivity contribution >= 4 is 11.6 Å². The topological polar surface area (TPSA) is 55.6 Å². The molecule has 2 rings (SSSR count). The summed E-state index contributed by atoms with van der Waals surface area (Å²) in [5.74, 6) is 0.702. The van der Waals surface area contributed by atoms with E-state index in [0.717, 1.165) is 25.9 Å². The normalized spacial score (nSPS) is 15.2. The third kappa shape index (κ3) is 1.96. The molecule has 1 aliphatic rings. The van der Waals surface area contributed by atoms with Crippen LogP contribution in [0.5, 0.6) is 5.75 Å². The molecule has 0 radical (unpaired) electrons. The quantitative estimate of drug-likeness (QED) is 0.769. The second-order valence-electron chi connectivity index (χ2n) is 3.95. The molecule has 1 fully saturated rings. The van der Waals surface area contributed by atoms with Gasteiger partial charge in [-0.15, -0.1) is 0 Å². The lowest BCUT2D eigenvalue weighted by molar-refractivity contribution is 0.0794. The Morgan fingerprint density at radius 1 is 1.38 bits per heavy atom. The lowest BCUT2D eigenvalue weighted by atomic mass is 10.1. The van der Waals surface area contributed by atoms with Crippen LogP contribution < -0.4 is 10.5 Å². The fraction of sp³-hybridized carbons (Fsp3) is 0.417. The minimum atomic E-state index is 0.0256. The number of rotatable bonds is 2. The van der Waals surface area contributed by atoms with E-state index in [0.29, 0.717) is 17.0 Å². The van der Waals surface area contributed by atoms with Gasteiger partial charge in [0, 0.05) is 24.8 Å². The van der Waals surface area contributed by atoms with Gasteiger partial charge in [0.25, 0.3) is 5.91 Å². The van der Waals surface area contributed by atoms with Gasteiger partial charge in [-0.05, 0) is 25.0 Å². The molecule has 2 N–H and O–H groups in total. The summed E-state index contributed by atoms with van der Waals surface area (Å²) in [5, 5.41) is 0. The first-order chi connectivity index (χ1) is 7.72. The zero-order valence-electron chi connectivity index (χ0n) is 9.40. The molecular weight excluding hydrogens is 204 g/mol. The molecule has 1 aliphatic heterocycles. The lowest BCUT2D eigenvalue weighted by Crippen LogP contribution is -2.28. The van der Waals surface area contributed by atoms with Crippen LogP contribution in [-0.4, -0.2) is 31.0 Å². The molecule has 0 aromatic heterocycles. The molecule has 86 valence electrons. The van der Waals surface area contributed by atoms with Crippen molar-refractivity contribution in [2.24, 2.45) is 0 Å². The van der Waals surface area contributed by atoms with Crippen LogP contribution in [0.25, 0.3) is 0 Å². The monoisotopic (exact) mass is 220 g/mol. The number of amides is 1. The fourth-order valence-corrected chi connectivity index (χ4v) is 1.95. The Bertz CT molecular complexity index is 398. The lowest BCUT2D eigenvalue weighted by Gasteiger charge is -2.16. The zero-order chi connectivity index (χ0) is 11.5. The Hall–Kier alpha value is -1.71. The average molecular weight is 220 g/mol. The van der Waals surface area contributed by atoms with Gasteiger partial charge in [-0.2, -0.15) is 0 Å². The molecule has 0 bridgehead atoms. The Balaban J connectivity index is 2.22. The molecule has 0 aliphatic carbocycles. The Kier molecular flexibility index (Phi) is 2.99. The Morgan fingerprint density at radius 2 is 2.06 bits per heavy atom. The van der Waals surface area contributed by atoms with Gasteiger partial charge < -0.3 is 15.4 Å². The molecule has 0 spiro atoms. The molecule has 0 atom stereocenters. The number of carbonyl (C=O) groups is 1. The van der Waals surface area contributed by atoms with Crippen LogP contribution in [0, 0.1) is 0 Å². The highest BCUT2D eigenvalue weighted by Gasteiger charge is 2.21. The van der Waals surface area contributed by atoms with Crippen molar-refractivity contribution in [2.75, 3.05) is 25.9 Å². The number of likely N-dealkylation sites (tertiary alicyclic amines) is 1. The predicted molar refractivity (Wildman–Crippen MR) is 62.5 cm³/mol. The second-order valence-corrected chi connectivity index (χ2v) is 3.95. The number of hydrogen-bond acceptors (Lipinski definition) is 3. The maximum Gasteiger partial charge on any atom is 0.255 e. The number of ether oxygens (including phenoxy) is 1. The van der Waals surface area contributed by atoms with Gasteiger partial charge in [-0.25, -0.2) is 0 Å². The van der Waals surface area contributed by atoms with Gasteiger partial charge in [0.1, 0.15) is 5.75 Å². The van der Waals surface area contributed by atoms with Crippen molar-refractivity contribution in [3.8, 4) is 5.75 Å². The van der Waals surface area contributed by atoms with E-state index in [1.54, 1.807) is 25.3 Å². The molecule has 1 heterocycles. The number of carbonyl (C=O) groups excluding carboxylic acids is 1. The predicted octanol–water partition coefficient (Wildman–Crippen LogP) is 1.51. The van der Waals surface area contributed by atoms with E-state index in [1.807, 2.05) is 4.90 Å². The second kappa shape index (κ2) is 4.43. The van der Waals surface area contributed by atoms with Crippen molar-refractivity contribution < 1.29 is 9.53 Å². The maximum absolute atomic E-state index is 12.1. The van der Waals surface area contributed by atoms with Crippen LogP contribution in [0.3, 0.4) is 0 Å². The highest BCUT2D eigenvalue weighted by atomic mass is 16.5. The van der Waals surface area contributed by atoms with Crippen LogP contribution >= 0.6 is 0 Å². The molecule has 16 heavy (non-hydrogen) atoms. The first-order valence-corrected chi connectivity index (χ1v) is 5.45.